The van der Waals surface area contributed by atoms with Crippen molar-refractivity contribution in [3.8, 4) is 0 Å². The molecule has 0 N–H and O–H groups in total. The molecular formula is C12H24O3S. The number of hydrogen-bond acceptors (Lipinski definition) is 3. The van der Waals surface area contributed by atoms with Gasteiger partial charge in [0.25, 0.3) is 0 Å². The summed E-state index contributed by atoms with van der Waals surface area (Å²) in [4.78, 5) is 11.6. The quantitative estimate of drug-likeness (QED) is 0.651. The largest absolute Gasteiger partial charge is 0.299 e. The number of carbonyl (C=O) groups excluding carboxylic acids is 1. The van der Waals surface area contributed by atoms with Crippen molar-refractivity contribution in [2.24, 2.45) is 5.41 Å². The minimum Gasteiger partial charge on any atom is -0.299 e. The smallest absolute Gasteiger partial charge is 0.150 e. The second kappa shape index (κ2) is 6.38. The van der Waals surface area contributed by atoms with E-state index in [1.165, 1.54) is 0 Å². The molecule has 0 atom stereocenters. The van der Waals surface area contributed by atoms with Crippen molar-refractivity contribution < 1.29 is 13.2 Å². The number of rotatable bonds is 7. The van der Waals surface area contributed by atoms with Crippen LogP contribution in [0.25, 0.3) is 0 Å². The Hall–Kier alpha value is -0.380. The van der Waals surface area contributed by atoms with E-state index >= 15 is 0 Å². The Morgan fingerprint density at radius 3 is 2.06 bits per heavy atom. The van der Waals surface area contributed by atoms with Crippen molar-refractivity contribution >= 4 is 15.6 Å². The number of Topliss-reactive ketones (excluding diaryl/α,β-unsaturated/α-hetero) is 1. The van der Waals surface area contributed by atoms with E-state index in [9.17, 15) is 13.2 Å². The Morgan fingerprint density at radius 2 is 1.62 bits per heavy atom. The van der Waals surface area contributed by atoms with Crippen molar-refractivity contribution in [2.75, 3.05) is 11.5 Å². The van der Waals surface area contributed by atoms with E-state index in [0.717, 1.165) is 12.8 Å². The molecule has 0 radical (unpaired) electrons. The maximum atomic E-state index is 11.6. The lowest BCUT2D eigenvalue weighted by Crippen LogP contribution is -2.19. The minimum atomic E-state index is -2.83. The Bertz CT molecular complexity index is 310. The Labute approximate surface area is 99.5 Å². The fourth-order valence-corrected chi connectivity index (χ4v) is 2.24. The van der Waals surface area contributed by atoms with E-state index in [4.69, 9.17) is 0 Å². The van der Waals surface area contributed by atoms with E-state index < -0.39 is 9.84 Å². The van der Waals surface area contributed by atoms with Gasteiger partial charge in [-0.1, -0.05) is 34.1 Å². The molecule has 0 aliphatic rings. The van der Waals surface area contributed by atoms with Gasteiger partial charge in [0, 0.05) is 17.6 Å². The van der Waals surface area contributed by atoms with Crippen LogP contribution in [0.4, 0.5) is 0 Å². The summed E-state index contributed by atoms with van der Waals surface area (Å²) in [6.07, 6.45) is 2.86. The van der Waals surface area contributed by atoms with Crippen LogP contribution in [0, 0.1) is 5.41 Å². The topological polar surface area (TPSA) is 51.2 Å². The molecule has 96 valence electrons. The summed E-state index contributed by atoms with van der Waals surface area (Å²) < 4.78 is 22.4. The molecule has 0 saturated carbocycles. The molecule has 16 heavy (non-hydrogen) atoms. The van der Waals surface area contributed by atoms with E-state index in [0.29, 0.717) is 12.8 Å². The number of carbonyl (C=O) groups is 1. The molecule has 3 nitrogen and oxygen atoms in total. The first kappa shape index (κ1) is 15.6. The fourth-order valence-electron chi connectivity index (χ4n) is 1.30. The van der Waals surface area contributed by atoms with Crippen LogP contribution in [0.3, 0.4) is 0 Å². The van der Waals surface area contributed by atoms with Crippen LogP contribution in [0.15, 0.2) is 0 Å². The third-order valence-corrected chi connectivity index (χ3v) is 4.43. The normalized spacial score (nSPS) is 12.8. The van der Waals surface area contributed by atoms with E-state index in [2.05, 4.69) is 0 Å². The van der Waals surface area contributed by atoms with E-state index in [-0.39, 0.29) is 22.7 Å². The zero-order valence-electron chi connectivity index (χ0n) is 10.9. The Kier molecular flexibility index (Phi) is 6.23. The summed E-state index contributed by atoms with van der Waals surface area (Å²) in [5, 5.41) is 0. The highest BCUT2D eigenvalue weighted by Gasteiger charge is 2.20. The molecule has 0 spiro atoms. The molecule has 0 heterocycles. The summed E-state index contributed by atoms with van der Waals surface area (Å²) in [6, 6.07) is 0. The van der Waals surface area contributed by atoms with E-state index in [1.807, 2.05) is 20.8 Å². The van der Waals surface area contributed by atoms with Crippen LogP contribution in [-0.2, 0) is 14.6 Å². The first-order valence-electron chi connectivity index (χ1n) is 5.93. The minimum absolute atomic E-state index is 0.216. The van der Waals surface area contributed by atoms with Gasteiger partial charge in [0.05, 0.1) is 5.75 Å². The lowest BCUT2D eigenvalue weighted by Gasteiger charge is -2.16. The Balaban J connectivity index is 3.67. The van der Waals surface area contributed by atoms with Gasteiger partial charge in [-0.2, -0.15) is 0 Å². The lowest BCUT2D eigenvalue weighted by molar-refractivity contribution is -0.126. The third kappa shape index (κ3) is 6.99. The second-order valence-electron chi connectivity index (χ2n) is 5.22. The first-order chi connectivity index (χ1) is 7.19. The van der Waals surface area contributed by atoms with Crippen molar-refractivity contribution in [1.29, 1.82) is 0 Å². The highest BCUT2D eigenvalue weighted by atomic mass is 32.2. The summed E-state index contributed by atoms with van der Waals surface area (Å²) in [7, 11) is -2.83. The summed E-state index contributed by atoms with van der Waals surface area (Å²) in [5.74, 6) is 0.729. The zero-order valence-corrected chi connectivity index (χ0v) is 11.7. The molecule has 0 aromatic rings. The van der Waals surface area contributed by atoms with Crippen LogP contribution >= 0.6 is 0 Å². The third-order valence-electron chi connectivity index (χ3n) is 2.64. The molecule has 0 aromatic carbocycles. The van der Waals surface area contributed by atoms with Gasteiger partial charge < -0.3 is 0 Å². The maximum Gasteiger partial charge on any atom is 0.150 e. The molecule has 4 heteroatoms. The molecule has 0 unspecified atom stereocenters. The number of sulfone groups is 1. The molecule has 0 saturated heterocycles. The molecule has 0 bridgehead atoms. The standard InChI is InChI=1S/C12H24O3S/c1-5-16(14,15)10-8-6-7-9-11(13)12(2,3)4/h5-10H2,1-4H3. The average Bonchev–Trinajstić information content (AvgIpc) is 2.15. The van der Waals surface area contributed by atoms with Crippen molar-refractivity contribution in [3.63, 3.8) is 0 Å². The van der Waals surface area contributed by atoms with Gasteiger partial charge in [0.15, 0.2) is 0 Å². The highest BCUT2D eigenvalue weighted by molar-refractivity contribution is 7.91. The zero-order chi connectivity index (χ0) is 12.8. The van der Waals surface area contributed by atoms with Crippen LogP contribution < -0.4 is 0 Å². The molecule has 0 aromatic heterocycles. The number of ketones is 1. The van der Waals surface area contributed by atoms with Crippen molar-refractivity contribution in [2.45, 2.75) is 53.4 Å². The highest BCUT2D eigenvalue weighted by Crippen LogP contribution is 2.18. The maximum absolute atomic E-state index is 11.6. The molecule has 0 aliphatic carbocycles. The SMILES string of the molecule is CCS(=O)(=O)CCCCCC(=O)C(C)(C)C. The predicted molar refractivity (Wildman–Crippen MR) is 67.3 cm³/mol. The average molecular weight is 248 g/mol. The van der Waals surface area contributed by atoms with Gasteiger partial charge in [0.1, 0.15) is 15.6 Å². The lowest BCUT2D eigenvalue weighted by atomic mass is 9.88. The first-order valence-corrected chi connectivity index (χ1v) is 7.75. The molecule has 0 fully saturated rings. The van der Waals surface area contributed by atoms with Gasteiger partial charge >= 0.3 is 0 Å². The van der Waals surface area contributed by atoms with Crippen LogP contribution in [0.1, 0.15) is 53.4 Å². The second-order valence-corrected chi connectivity index (χ2v) is 7.69. The van der Waals surface area contributed by atoms with Gasteiger partial charge in [0.2, 0.25) is 0 Å². The van der Waals surface area contributed by atoms with Gasteiger partial charge in [-0.3, -0.25) is 4.79 Å². The summed E-state index contributed by atoms with van der Waals surface area (Å²) in [5.41, 5.74) is -0.268. The monoisotopic (exact) mass is 248 g/mol. The van der Waals surface area contributed by atoms with Crippen LogP contribution in [0.5, 0.6) is 0 Å². The molecule has 0 rings (SSSR count). The molecular weight excluding hydrogens is 224 g/mol. The van der Waals surface area contributed by atoms with Crippen LogP contribution in [-0.4, -0.2) is 25.7 Å². The predicted octanol–water partition coefficient (Wildman–Crippen LogP) is 2.60. The van der Waals surface area contributed by atoms with E-state index in [1.54, 1.807) is 6.92 Å². The van der Waals surface area contributed by atoms with Gasteiger partial charge in [-0.25, -0.2) is 8.42 Å². The van der Waals surface area contributed by atoms with Crippen molar-refractivity contribution in [1.82, 2.24) is 0 Å². The summed E-state index contributed by atoms with van der Waals surface area (Å²) >= 11 is 0. The summed E-state index contributed by atoms with van der Waals surface area (Å²) in [6.45, 7) is 7.41. The Morgan fingerprint density at radius 1 is 1.06 bits per heavy atom. The van der Waals surface area contributed by atoms with Gasteiger partial charge in [-0.15, -0.1) is 0 Å². The fraction of sp³-hybridized carbons (Fsp3) is 0.917. The molecule has 0 amide bonds. The molecule has 0 aliphatic heterocycles. The number of hydrogen-bond donors (Lipinski definition) is 0. The van der Waals surface area contributed by atoms with Crippen molar-refractivity contribution in [3.05, 3.63) is 0 Å². The van der Waals surface area contributed by atoms with Crippen LogP contribution in [0.2, 0.25) is 0 Å². The number of unbranched alkanes of at least 4 members (excludes halogenated alkanes) is 2. The van der Waals surface area contributed by atoms with Gasteiger partial charge in [-0.05, 0) is 12.8 Å².